The van der Waals surface area contributed by atoms with Crippen molar-refractivity contribution in [3.63, 3.8) is 0 Å². The van der Waals surface area contributed by atoms with E-state index in [1.54, 1.807) is 24.6 Å². The molecular formula is C10H12N2OS. The Morgan fingerprint density at radius 2 is 2.29 bits per heavy atom. The molecule has 2 rings (SSSR count). The lowest BCUT2D eigenvalue weighted by molar-refractivity contribution is 0.718. The van der Waals surface area contributed by atoms with E-state index in [9.17, 15) is 4.79 Å². The summed E-state index contributed by atoms with van der Waals surface area (Å²) in [5.41, 5.74) is 1.13. The molecule has 4 heteroatoms. The van der Waals surface area contributed by atoms with Gasteiger partial charge in [0.1, 0.15) is 0 Å². The Labute approximate surface area is 86.0 Å². The maximum absolute atomic E-state index is 11.8. The lowest BCUT2D eigenvalue weighted by Crippen LogP contribution is -2.18. The molecule has 0 aliphatic rings. The van der Waals surface area contributed by atoms with E-state index in [4.69, 9.17) is 0 Å². The predicted molar refractivity (Wildman–Crippen MR) is 59.0 cm³/mol. The van der Waals surface area contributed by atoms with Crippen molar-refractivity contribution in [1.29, 1.82) is 0 Å². The first kappa shape index (κ1) is 9.40. The Hall–Kier alpha value is -1.16. The Balaban J connectivity index is 2.94. The molecule has 0 aliphatic carbocycles. The van der Waals surface area contributed by atoms with E-state index in [0.717, 1.165) is 22.1 Å². The topological polar surface area (TPSA) is 34.9 Å². The number of hydrogen-bond donors (Lipinski definition) is 0. The van der Waals surface area contributed by atoms with Gasteiger partial charge in [-0.2, -0.15) is 5.10 Å². The van der Waals surface area contributed by atoms with E-state index in [-0.39, 0.29) is 5.56 Å². The minimum absolute atomic E-state index is 0.0101. The van der Waals surface area contributed by atoms with Gasteiger partial charge in [0.25, 0.3) is 5.56 Å². The van der Waals surface area contributed by atoms with Gasteiger partial charge in [-0.1, -0.05) is 6.92 Å². The number of thiophene rings is 1. The Bertz CT molecular complexity index is 539. The second kappa shape index (κ2) is 3.20. The summed E-state index contributed by atoms with van der Waals surface area (Å²) in [6.07, 6.45) is 2.75. The first-order chi connectivity index (χ1) is 6.65. The zero-order valence-corrected chi connectivity index (χ0v) is 9.31. The van der Waals surface area contributed by atoms with Crippen LogP contribution in [0.2, 0.25) is 0 Å². The number of hydrogen-bond acceptors (Lipinski definition) is 3. The van der Waals surface area contributed by atoms with Crippen molar-refractivity contribution in [1.82, 2.24) is 9.78 Å². The summed E-state index contributed by atoms with van der Waals surface area (Å²) < 4.78 is 2.39. The Morgan fingerprint density at radius 1 is 1.57 bits per heavy atom. The van der Waals surface area contributed by atoms with Crippen LogP contribution in [0.3, 0.4) is 0 Å². The van der Waals surface area contributed by atoms with Gasteiger partial charge < -0.3 is 0 Å². The van der Waals surface area contributed by atoms with Crippen LogP contribution < -0.4 is 5.56 Å². The first-order valence-corrected chi connectivity index (χ1v) is 5.41. The van der Waals surface area contributed by atoms with Gasteiger partial charge in [-0.15, -0.1) is 11.3 Å². The molecule has 3 nitrogen and oxygen atoms in total. The van der Waals surface area contributed by atoms with Crippen molar-refractivity contribution < 1.29 is 0 Å². The standard InChI is InChI=1S/C10H12N2OS/c1-4-7-6(2)9-8(14-7)5-11-12(3)10(9)13/h5H,4H2,1-3H3. The van der Waals surface area contributed by atoms with Gasteiger partial charge in [0.2, 0.25) is 0 Å². The second-order valence-corrected chi connectivity index (χ2v) is 4.45. The van der Waals surface area contributed by atoms with Crippen molar-refractivity contribution in [3.05, 3.63) is 27.0 Å². The third-order valence-electron chi connectivity index (χ3n) is 2.45. The fourth-order valence-corrected chi connectivity index (χ4v) is 2.74. The molecule has 0 bridgehead atoms. The fourth-order valence-electron chi connectivity index (χ4n) is 1.63. The highest BCUT2D eigenvalue weighted by Gasteiger charge is 2.11. The van der Waals surface area contributed by atoms with Gasteiger partial charge >= 0.3 is 0 Å². The maximum Gasteiger partial charge on any atom is 0.275 e. The van der Waals surface area contributed by atoms with E-state index in [1.807, 2.05) is 6.92 Å². The van der Waals surface area contributed by atoms with Crippen LogP contribution >= 0.6 is 11.3 Å². The smallest absolute Gasteiger partial charge is 0.267 e. The third-order valence-corrected chi connectivity index (χ3v) is 3.82. The summed E-state index contributed by atoms with van der Waals surface area (Å²) in [7, 11) is 1.69. The molecule has 0 saturated heterocycles. The van der Waals surface area contributed by atoms with E-state index in [0.29, 0.717) is 0 Å². The Morgan fingerprint density at radius 3 is 2.93 bits per heavy atom. The second-order valence-electron chi connectivity index (χ2n) is 3.32. The van der Waals surface area contributed by atoms with Crippen molar-refractivity contribution in [3.8, 4) is 0 Å². The highest BCUT2D eigenvalue weighted by atomic mass is 32.1. The normalized spacial score (nSPS) is 11.1. The third kappa shape index (κ3) is 1.18. The van der Waals surface area contributed by atoms with Gasteiger partial charge in [0.15, 0.2) is 0 Å². The average molecular weight is 208 g/mol. The molecule has 0 N–H and O–H groups in total. The molecule has 0 spiro atoms. The number of rotatable bonds is 1. The molecule has 2 aromatic rings. The van der Waals surface area contributed by atoms with Crippen molar-refractivity contribution in [2.75, 3.05) is 0 Å². The van der Waals surface area contributed by atoms with Gasteiger partial charge in [0, 0.05) is 11.9 Å². The lowest BCUT2D eigenvalue weighted by atomic mass is 10.2. The monoisotopic (exact) mass is 208 g/mol. The van der Waals surface area contributed by atoms with E-state index in [1.165, 1.54) is 9.56 Å². The number of aromatic nitrogens is 2. The first-order valence-electron chi connectivity index (χ1n) is 4.59. The summed E-state index contributed by atoms with van der Waals surface area (Å²) in [5.74, 6) is 0. The largest absolute Gasteiger partial charge is 0.275 e. The zero-order chi connectivity index (χ0) is 10.3. The van der Waals surface area contributed by atoms with E-state index in [2.05, 4.69) is 12.0 Å². The maximum atomic E-state index is 11.8. The lowest BCUT2D eigenvalue weighted by Gasteiger charge is -1.95. The summed E-state index contributed by atoms with van der Waals surface area (Å²) in [6, 6.07) is 0. The van der Waals surface area contributed by atoms with Crippen LogP contribution in [0.15, 0.2) is 11.0 Å². The molecule has 0 amide bonds. The van der Waals surface area contributed by atoms with Gasteiger partial charge in [-0.3, -0.25) is 4.79 Å². The van der Waals surface area contributed by atoms with Gasteiger partial charge in [-0.25, -0.2) is 4.68 Å². The molecule has 0 aliphatic heterocycles. The molecule has 2 heterocycles. The summed E-state index contributed by atoms with van der Waals surface area (Å²) in [4.78, 5) is 13.1. The highest BCUT2D eigenvalue weighted by molar-refractivity contribution is 7.19. The van der Waals surface area contributed by atoms with Gasteiger partial charge in [-0.05, 0) is 18.9 Å². The highest BCUT2D eigenvalue weighted by Crippen LogP contribution is 2.27. The summed E-state index contributed by atoms with van der Waals surface area (Å²) in [5, 5.41) is 4.85. The SMILES string of the molecule is CCc1sc2cnn(C)c(=O)c2c1C. The van der Waals surface area contributed by atoms with Crippen LogP contribution in [0.5, 0.6) is 0 Å². The number of fused-ring (bicyclic) bond motifs is 1. The Kier molecular flexibility index (Phi) is 2.15. The van der Waals surface area contributed by atoms with Crippen LogP contribution in [0.25, 0.3) is 10.1 Å². The number of nitrogens with zero attached hydrogens (tertiary/aromatic N) is 2. The van der Waals surface area contributed by atoms with E-state index < -0.39 is 0 Å². The van der Waals surface area contributed by atoms with Crippen LogP contribution in [-0.2, 0) is 13.5 Å². The number of aryl methyl sites for hydroxylation is 3. The van der Waals surface area contributed by atoms with Crippen LogP contribution in [0.1, 0.15) is 17.4 Å². The van der Waals surface area contributed by atoms with Crippen LogP contribution in [0.4, 0.5) is 0 Å². The molecular weight excluding hydrogens is 196 g/mol. The molecule has 0 aromatic carbocycles. The van der Waals surface area contributed by atoms with Crippen LogP contribution in [-0.4, -0.2) is 9.78 Å². The molecule has 74 valence electrons. The summed E-state index contributed by atoms with van der Waals surface area (Å²) in [6.45, 7) is 4.12. The molecule has 0 radical (unpaired) electrons. The molecule has 14 heavy (non-hydrogen) atoms. The average Bonchev–Trinajstić information content (AvgIpc) is 2.50. The van der Waals surface area contributed by atoms with Gasteiger partial charge in [0.05, 0.1) is 16.3 Å². The molecule has 0 unspecified atom stereocenters. The van der Waals surface area contributed by atoms with Crippen LogP contribution in [0, 0.1) is 6.92 Å². The van der Waals surface area contributed by atoms with Crippen molar-refractivity contribution >= 4 is 21.4 Å². The van der Waals surface area contributed by atoms with E-state index >= 15 is 0 Å². The molecule has 0 atom stereocenters. The quantitative estimate of drug-likeness (QED) is 0.717. The molecule has 0 saturated carbocycles. The predicted octanol–water partition coefficient (Wildman–Crippen LogP) is 1.87. The zero-order valence-electron chi connectivity index (χ0n) is 8.50. The fraction of sp³-hybridized carbons (Fsp3) is 0.400. The minimum atomic E-state index is 0.0101. The minimum Gasteiger partial charge on any atom is -0.267 e. The summed E-state index contributed by atoms with van der Waals surface area (Å²) >= 11 is 1.67. The molecule has 2 aromatic heterocycles. The molecule has 0 fully saturated rings. The van der Waals surface area contributed by atoms with Crippen molar-refractivity contribution in [2.24, 2.45) is 7.05 Å². The van der Waals surface area contributed by atoms with Crippen molar-refractivity contribution in [2.45, 2.75) is 20.3 Å².